The molecular weight excluding hydrogens is 875 g/mol. The molecule has 0 saturated carbocycles. The van der Waals surface area contributed by atoms with Crippen molar-refractivity contribution >= 4 is 17.9 Å². The average Bonchev–Trinajstić information content (AvgIpc) is 3.33. The Kier molecular flexibility index (Phi) is 51.4. The molecule has 2 atom stereocenters. The third-order valence-electron chi connectivity index (χ3n) is 13.5. The predicted molar refractivity (Wildman–Crippen MR) is 295 cm³/mol. The Morgan fingerprint density at radius 1 is 0.429 bits per heavy atom. The van der Waals surface area contributed by atoms with Gasteiger partial charge in [0, 0.05) is 12.8 Å². The van der Waals surface area contributed by atoms with E-state index in [4.69, 9.17) is 18.9 Å². The number of hydrogen-bond acceptors (Lipinski definition) is 7. The molecule has 2 unspecified atom stereocenters. The highest BCUT2D eigenvalue weighted by Crippen LogP contribution is 2.18. The molecule has 70 heavy (non-hydrogen) atoms. The Balaban J connectivity index is 4.16. The van der Waals surface area contributed by atoms with E-state index in [2.05, 4.69) is 38.2 Å². The second-order valence-electron chi connectivity index (χ2n) is 21.7. The molecule has 0 aromatic heterocycles. The monoisotopic (exact) mass is 991 g/mol. The van der Waals surface area contributed by atoms with E-state index >= 15 is 0 Å². The zero-order valence-electron chi connectivity index (χ0n) is 47.0. The molecule has 0 aromatic carbocycles. The van der Waals surface area contributed by atoms with Gasteiger partial charge < -0.3 is 28.5 Å². The Hall–Kier alpha value is -2.23. The molecule has 9 heteroatoms. The number of nitrogens with zero attached hydrogens (tertiary/aromatic N) is 1. The summed E-state index contributed by atoms with van der Waals surface area (Å²) in [4.78, 5) is 37.4. The van der Waals surface area contributed by atoms with Gasteiger partial charge in [-0.15, -0.1) is 0 Å². The summed E-state index contributed by atoms with van der Waals surface area (Å²) in [5.74, 6) is -1.99. The van der Waals surface area contributed by atoms with Gasteiger partial charge >= 0.3 is 17.9 Å². The Bertz CT molecular complexity index is 1200. The van der Waals surface area contributed by atoms with Crippen LogP contribution >= 0.6 is 0 Å². The van der Waals surface area contributed by atoms with E-state index in [-0.39, 0.29) is 32.2 Å². The molecule has 0 aliphatic rings. The molecule has 0 aliphatic carbocycles. The van der Waals surface area contributed by atoms with Crippen LogP contribution in [-0.4, -0.2) is 87.4 Å². The summed E-state index contributed by atoms with van der Waals surface area (Å²) in [7, 11) is 5.98. The first-order chi connectivity index (χ1) is 34.1. The van der Waals surface area contributed by atoms with Crippen LogP contribution < -0.4 is 0 Å². The van der Waals surface area contributed by atoms with E-state index in [0.717, 1.165) is 51.4 Å². The maximum Gasteiger partial charge on any atom is 0.361 e. The van der Waals surface area contributed by atoms with Crippen molar-refractivity contribution in [1.29, 1.82) is 0 Å². The number of esters is 2. The standard InChI is InChI=1S/C61H115NO8/c1-6-8-10-12-14-16-18-20-22-24-26-27-28-29-30-31-32-34-35-37-39-41-43-45-47-49-51-58(63)68-55-57(56-69-61(60(65)66)67-54-53-62(3,4)5)70-59(64)52-50-48-46-44-42-40-38-36-33-25-23-21-19-17-15-13-11-9-7-2/h15,17,21,23,57,61H,6-14,16,18-20,22,24-56H2,1-5H3/p+1/b17-15-,23-21-. The molecule has 0 bridgehead atoms. The molecule has 0 heterocycles. The lowest BCUT2D eigenvalue weighted by atomic mass is 10.0. The second kappa shape index (κ2) is 53.1. The number of carbonyl (C=O) groups is 3. The number of allylic oxidation sites excluding steroid dienone is 4. The summed E-state index contributed by atoms with van der Waals surface area (Å²) in [6.07, 6.45) is 59.7. The molecule has 9 nitrogen and oxygen atoms in total. The summed E-state index contributed by atoms with van der Waals surface area (Å²) < 4.78 is 22.9. The van der Waals surface area contributed by atoms with Crippen molar-refractivity contribution in [1.82, 2.24) is 0 Å². The number of aliphatic carboxylic acids is 1. The Labute approximate surface area is 433 Å². The van der Waals surface area contributed by atoms with Crippen LogP contribution in [0.5, 0.6) is 0 Å². The fourth-order valence-corrected chi connectivity index (χ4v) is 8.81. The normalized spacial score (nSPS) is 12.9. The molecule has 0 spiro atoms. The number of hydrogen-bond donors (Lipinski definition) is 1. The van der Waals surface area contributed by atoms with Gasteiger partial charge in [-0.3, -0.25) is 9.59 Å². The van der Waals surface area contributed by atoms with Crippen LogP contribution in [0.4, 0.5) is 0 Å². The highest BCUT2D eigenvalue weighted by molar-refractivity contribution is 5.71. The van der Waals surface area contributed by atoms with Crippen LogP contribution in [0, 0.1) is 0 Å². The summed E-state index contributed by atoms with van der Waals surface area (Å²) in [5.41, 5.74) is 0. The van der Waals surface area contributed by atoms with Crippen molar-refractivity contribution in [2.45, 2.75) is 302 Å². The number of quaternary nitrogens is 1. The van der Waals surface area contributed by atoms with E-state index in [1.807, 2.05) is 21.1 Å². The number of likely N-dealkylation sites (N-methyl/N-ethyl adjacent to an activating group) is 1. The first-order valence-corrected chi connectivity index (χ1v) is 30.0. The van der Waals surface area contributed by atoms with Crippen LogP contribution in [0.15, 0.2) is 24.3 Å². The first-order valence-electron chi connectivity index (χ1n) is 30.0. The minimum atomic E-state index is -1.51. The van der Waals surface area contributed by atoms with Gasteiger partial charge in [0.05, 0.1) is 34.4 Å². The lowest BCUT2D eigenvalue weighted by molar-refractivity contribution is -0.870. The molecule has 0 radical (unpaired) electrons. The van der Waals surface area contributed by atoms with Crippen LogP contribution in [-0.2, 0) is 33.3 Å². The maximum atomic E-state index is 12.9. The summed E-state index contributed by atoms with van der Waals surface area (Å²) >= 11 is 0. The van der Waals surface area contributed by atoms with Gasteiger partial charge in [0.15, 0.2) is 6.10 Å². The lowest BCUT2D eigenvalue weighted by Crippen LogP contribution is -2.40. The average molecular weight is 992 g/mol. The highest BCUT2D eigenvalue weighted by Gasteiger charge is 2.25. The molecule has 0 fully saturated rings. The topological polar surface area (TPSA) is 108 Å². The van der Waals surface area contributed by atoms with Gasteiger partial charge in [0.2, 0.25) is 0 Å². The van der Waals surface area contributed by atoms with Gasteiger partial charge in [-0.2, -0.15) is 0 Å². The minimum absolute atomic E-state index is 0.178. The molecule has 0 amide bonds. The van der Waals surface area contributed by atoms with Crippen molar-refractivity contribution in [2.24, 2.45) is 0 Å². The van der Waals surface area contributed by atoms with Crippen LogP contribution in [0.3, 0.4) is 0 Å². The Morgan fingerprint density at radius 2 is 0.771 bits per heavy atom. The summed E-state index contributed by atoms with van der Waals surface area (Å²) in [5, 5.41) is 9.70. The van der Waals surface area contributed by atoms with Gasteiger partial charge in [-0.05, 0) is 44.9 Å². The third-order valence-corrected chi connectivity index (χ3v) is 13.5. The largest absolute Gasteiger partial charge is 0.477 e. The highest BCUT2D eigenvalue weighted by atomic mass is 16.7. The summed E-state index contributed by atoms with van der Waals surface area (Å²) in [6, 6.07) is 0. The van der Waals surface area contributed by atoms with Gasteiger partial charge in [-0.1, -0.05) is 256 Å². The molecule has 412 valence electrons. The molecular formula is C61H116NO8+. The molecule has 0 rings (SSSR count). The molecule has 0 aromatic rings. The van der Waals surface area contributed by atoms with Crippen LogP contribution in [0.25, 0.3) is 0 Å². The number of carboxylic acid groups (broad SMARTS) is 1. The van der Waals surface area contributed by atoms with E-state index in [1.54, 1.807) is 0 Å². The molecule has 0 saturated heterocycles. The van der Waals surface area contributed by atoms with Crippen LogP contribution in [0.1, 0.15) is 290 Å². The second-order valence-corrected chi connectivity index (χ2v) is 21.7. The number of ether oxygens (including phenoxy) is 4. The van der Waals surface area contributed by atoms with E-state index < -0.39 is 24.3 Å². The third kappa shape index (κ3) is 53.6. The van der Waals surface area contributed by atoms with Crippen molar-refractivity contribution in [3.8, 4) is 0 Å². The lowest BCUT2D eigenvalue weighted by Gasteiger charge is -2.25. The van der Waals surface area contributed by atoms with Crippen molar-refractivity contribution in [3.05, 3.63) is 24.3 Å². The van der Waals surface area contributed by atoms with Crippen molar-refractivity contribution in [3.63, 3.8) is 0 Å². The summed E-state index contributed by atoms with van der Waals surface area (Å²) in [6.45, 7) is 4.90. The van der Waals surface area contributed by atoms with Crippen molar-refractivity contribution in [2.75, 3.05) is 47.5 Å². The fourth-order valence-electron chi connectivity index (χ4n) is 8.81. The first kappa shape index (κ1) is 67.8. The van der Waals surface area contributed by atoms with Crippen LogP contribution in [0.2, 0.25) is 0 Å². The minimum Gasteiger partial charge on any atom is -0.477 e. The van der Waals surface area contributed by atoms with E-state index in [0.29, 0.717) is 17.4 Å². The smallest absolute Gasteiger partial charge is 0.361 e. The van der Waals surface area contributed by atoms with Crippen molar-refractivity contribution < 1.29 is 42.9 Å². The number of carbonyl (C=O) groups excluding carboxylic acids is 2. The SMILES string of the molecule is CCCCC/C=C\C/C=C\CCCCCCCCCCCC(=O)OC(COC(=O)CCCCCCCCCCCCCCCCCCCCCCCCCCCC)COC(OCC[N+](C)(C)C)C(=O)O. The number of unbranched alkanes of at least 4 members (excludes halogenated alkanes) is 37. The molecule has 1 N–H and O–H groups in total. The Morgan fingerprint density at radius 3 is 1.16 bits per heavy atom. The quantitative estimate of drug-likeness (QED) is 0.0211. The maximum absolute atomic E-state index is 12.9. The number of rotatable bonds is 56. The van der Waals surface area contributed by atoms with Gasteiger partial charge in [0.1, 0.15) is 13.2 Å². The number of carboxylic acids is 1. The molecule has 0 aliphatic heterocycles. The van der Waals surface area contributed by atoms with Gasteiger partial charge in [0.25, 0.3) is 6.29 Å². The van der Waals surface area contributed by atoms with E-state index in [9.17, 15) is 19.5 Å². The fraction of sp³-hybridized carbons (Fsp3) is 0.885. The van der Waals surface area contributed by atoms with Gasteiger partial charge in [-0.25, -0.2) is 4.79 Å². The zero-order valence-corrected chi connectivity index (χ0v) is 47.0. The predicted octanol–water partition coefficient (Wildman–Crippen LogP) is 17.5. The zero-order chi connectivity index (χ0) is 51.3. The van der Waals surface area contributed by atoms with E-state index in [1.165, 1.54) is 212 Å².